The lowest BCUT2D eigenvalue weighted by molar-refractivity contribution is 0.601. The van der Waals surface area contributed by atoms with Crippen molar-refractivity contribution in [2.75, 3.05) is 10.6 Å². The number of hydrogen-bond donors (Lipinski definition) is 1. The number of nitrogens with one attached hydrogen (secondary N) is 1. The van der Waals surface area contributed by atoms with Crippen LogP contribution < -0.4 is 4.72 Å². The fraction of sp³-hybridized carbons (Fsp3) is 0.143. The summed E-state index contributed by atoms with van der Waals surface area (Å²) in [4.78, 5) is 0.142. The van der Waals surface area contributed by atoms with Crippen LogP contribution in [0, 0.1) is 0 Å². The molecule has 21 heavy (non-hydrogen) atoms. The SMILES string of the molecule is O=S(=O)(Nc1ccc(CCCl)cc1)c1ccc(Cl)c(Br)c1. The number of anilines is 1. The van der Waals surface area contributed by atoms with Gasteiger partial charge in [0.2, 0.25) is 0 Å². The van der Waals surface area contributed by atoms with Gasteiger partial charge in [0.15, 0.2) is 0 Å². The predicted octanol–water partition coefficient (Wildman–Crippen LogP) is 4.68. The van der Waals surface area contributed by atoms with Gasteiger partial charge < -0.3 is 0 Å². The number of benzene rings is 2. The summed E-state index contributed by atoms with van der Waals surface area (Å²) in [5.41, 5.74) is 1.56. The van der Waals surface area contributed by atoms with Crippen LogP contribution in [-0.2, 0) is 16.4 Å². The van der Waals surface area contributed by atoms with Gasteiger partial charge in [0.1, 0.15) is 0 Å². The Morgan fingerprint density at radius 2 is 1.76 bits per heavy atom. The molecule has 0 saturated heterocycles. The Bertz CT molecular complexity index is 733. The van der Waals surface area contributed by atoms with Crippen LogP contribution in [-0.4, -0.2) is 14.3 Å². The molecular formula is C14H12BrCl2NO2S. The molecule has 1 N–H and O–H groups in total. The molecular weight excluding hydrogens is 397 g/mol. The second-order valence-corrected chi connectivity index (χ2v) is 7.64. The van der Waals surface area contributed by atoms with Crippen LogP contribution in [0.2, 0.25) is 5.02 Å². The summed E-state index contributed by atoms with van der Waals surface area (Å²) < 4.78 is 27.6. The van der Waals surface area contributed by atoms with Crippen molar-refractivity contribution in [2.45, 2.75) is 11.3 Å². The van der Waals surface area contributed by atoms with E-state index in [0.29, 0.717) is 21.1 Å². The van der Waals surface area contributed by atoms with E-state index in [1.165, 1.54) is 18.2 Å². The van der Waals surface area contributed by atoms with Gasteiger partial charge in [-0.2, -0.15) is 0 Å². The lowest BCUT2D eigenvalue weighted by Crippen LogP contribution is -2.12. The van der Waals surface area contributed by atoms with Crippen molar-refractivity contribution in [3.05, 3.63) is 57.5 Å². The number of halogens is 3. The summed E-state index contributed by atoms with van der Waals surface area (Å²) >= 11 is 14.7. The molecule has 2 aromatic carbocycles. The third kappa shape index (κ3) is 4.36. The number of alkyl halides is 1. The minimum atomic E-state index is -3.64. The molecule has 2 aromatic rings. The highest BCUT2D eigenvalue weighted by Crippen LogP contribution is 2.26. The number of sulfonamides is 1. The molecule has 7 heteroatoms. The molecule has 0 spiro atoms. The number of rotatable bonds is 5. The van der Waals surface area contributed by atoms with Crippen LogP contribution in [0.5, 0.6) is 0 Å². The lowest BCUT2D eigenvalue weighted by atomic mass is 10.2. The molecule has 0 heterocycles. The van der Waals surface area contributed by atoms with E-state index < -0.39 is 10.0 Å². The predicted molar refractivity (Wildman–Crippen MR) is 90.8 cm³/mol. The topological polar surface area (TPSA) is 46.2 Å². The van der Waals surface area contributed by atoms with Crippen LogP contribution >= 0.6 is 39.1 Å². The molecule has 0 aliphatic rings. The normalized spacial score (nSPS) is 11.4. The standard InChI is InChI=1S/C14H12BrCl2NO2S/c15-13-9-12(5-6-14(13)17)21(19,20)18-11-3-1-10(2-4-11)7-8-16/h1-6,9,18H,7-8H2. The van der Waals surface area contributed by atoms with Crippen LogP contribution in [0.4, 0.5) is 5.69 Å². The molecule has 3 nitrogen and oxygen atoms in total. The van der Waals surface area contributed by atoms with Crippen LogP contribution in [0.1, 0.15) is 5.56 Å². The summed E-state index contributed by atoms with van der Waals surface area (Å²) in [6.45, 7) is 0. The molecule has 0 aromatic heterocycles. The van der Waals surface area contributed by atoms with Gasteiger partial charge in [-0.05, 0) is 58.2 Å². The molecule has 0 unspecified atom stereocenters. The van der Waals surface area contributed by atoms with Crippen molar-refractivity contribution in [1.29, 1.82) is 0 Å². The average Bonchev–Trinajstić information content (AvgIpc) is 2.44. The maximum atomic E-state index is 12.3. The highest BCUT2D eigenvalue weighted by atomic mass is 79.9. The van der Waals surface area contributed by atoms with E-state index in [2.05, 4.69) is 20.7 Å². The molecule has 0 amide bonds. The Balaban J connectivity index is 2.22. The number of hydrogen-bond acceptors (Lipinski definition) is 2. The van der Waals surface area contributed by atoms with Crippen LogP contribution in [0.15, 0.2) is 51.8 Å². The highest BCUT2D eigenvalue weighted by molar-refractivity contribution is 9.10. The van der Waals surface area contributed by atoms with Gasteiger partial charge in [-0.15, -0.1) is 11.6 Å². The zero-order valence-corrected chi connectivity index (χ0v) is 14.7. The first-order valence-electron chi connectivity index (χ1n) is 6.05. The minimum absolute atomic E-state index is 0.142. The van der Waals surface area contributed by atoms with Crippen molar-refractivity contribution < 1.29 is 8.42 Å². The molecule has 0 aliphatic carbocycles. The highest BCUT2D eigenvalue weighted by Gasteiger charge is 2.15. The Morgan fingerprint density at radius 1 is 1.10 bits per heavy atom. The summed E-state index contributed by atoms with van der Waals surface area (Å²) in [5, 5.41) is 0.458. The van der Waals surface area contributed by atoms with Crippen molar-refractivity contribution in [3.8, 4) is 0 Å². The zero-order valence-electron chi connectivity index (χ0n) is 10.8. The van der Waals surface area contributed by atoms with Gasteiger partial charge in [0.25, 0.3) is 10.0 Å². The fourth-order valence-electron chi connectivity index (χ4n) is 1.71. The van der Waals surface area contributed by atoms with Crippen molar-refractivity contribution in [1.82, 2.24) is 0 Å². The fourth-order valence-corrected chi connectivity index (χ4v) is 3.66. The van der Waals surface area contributed by atoms with E-state index in [-0.39, 0.29) is 4.90 Å². The molecule has 0 aliphatic heterocycles. The van der Waals surface area contributed by atoms with E-state index >= 15 is 0 Å². The number of aryl methyl sites for hydroxylation is 1. The first-order valence-corrected chi connectivity index (χ1v) is 9.24. The average molecular weight is 409 g/mol. The van der Waals surface area contributed by atoms with Gasteiger partial charge in [0.05, 0.1) is 9.92 Å². The molecule has 0 bridgehead atoms. The Labute approximate surface area is 142 Å². The van der Waals surface area contributed by atoms with Crippen molar-refractivity contribution in [3.63, 3.8) is 0 Å². The second kappa shape index (κ2) is 7.01. The third-order valence-electron chi connectivity index (χ3n) is 2.79. The van der Waals surface area contributed by atoms with Gasteiger partial charge in [-0.25, -0.2) is 8.42 Å². The summed E-state index contributed by atoms with van der Waals surface area (Å²) in [6.07, 6.45) is 0.749. The summed E-state index contributed by atoms with van der Waals surface area (Å²) in [7, 11) is -3.64. The Hall–Kier alpha value is -0.750. The lowest BCUT2D eigenvalue weighted by Gasteiger charge is -2.09. The second-order valence-electron chi connectivity index (χ2n) is 4.32. The van der Waals surface area contributed by atoms with Crippen LogP contribution in [0.25, 0.3) is 0 Å². The molecule has 112 valence electrons. The maximum absolute atomic E-state index is 12.3. The van der Waals surface area contributed by atoms with E-state index in [9.17, 15) is 8.42 Å². The zero-order chi connectivity index (χ0) is 15.5. The first-order chi connectivity index (χ1) is 9.92. The molecule has 0 saturated carbocycles. The van der Waals surface area contributed by atoms with Gasteiger partial charge >= 0.3 is 0 Å². The van der Waals surface area contributed by atoms with E-state index in [1.807, 2.05) is 12.1 Å². The Kier molecular flexibility index (Phi) is 5.54. The Morgan fingerprint density at radius 3 is 2.33 bits per heavy atom. The minimum Gasteiger partial charge on any atom is -0.280 e. The smallest absolute Gasteiger partial charge is 0.261 e. The summed E-state index contributed by atoms with van der Waals surface area (Å²) in [6, 6.07) is 11.6. The van der Waals surface area contributed by atoms with Gasteiger partial charge in [-0.1, -0.05) is 23.7 Å². The first kappa shape index (κ1) is 16.6. The van der Waals surface area contributed by atoms with E-state index in [0.717, 1.165) is 12.0 Å². The van der Waals surface area contributed by atoms with E-state index in [1.54, 1.807) is 12.1 Å². The van der Waals surface area contributed by atoms with Crippen molar-refractivity contribution in [2.24, 2.45) is 0 Å². The summed E-state index contributed by atoms with van der Waals surface area (Å²) in [5.74, 6) is 0.532. The molecule has 0 radical (unpaired) electrons. The van der Waals surface area contributed by atoms with E-state index in [4.69, 9.17) is 23.2 Å². The maximum Gasteiger partial charge on any atom is 0.261 e. The van der Waals surface area contributed by atoms with Crippen LogP contribution in [0.3, 0.4) is 0 Å². The third-order valence-corrected chi connectivity index (χ3v) is 5.57. The largest absolute Gasteiger partial charge is 0.280 e. The molecule has 2 rings (SSSR count). The molecule has 0 atom stereocenters. The van der Waals surface area contributed by atoms with Gasteiger partial charge in [0, 0.05) is 16.0 Å². The quantitative estimate of drug-likeness (QED) is 0.729. The molecule has 0 fully saturated rings. The van der Waals surface area contributed by atoms with Gasteiger partial charge in [-0.3, -0.25) is 4.72 Å². The van der Waals surface area contributed by atoms with Crippen molar-refractivity contribution >= 4 is 54.8 Å². The monoisotopic (exact) mass is 407 g/mol.